The minimum absolute atomic E-state index is 0. The van der Waals surface area contributed by atoms with E-state index in [0.29, 0.717) is 6.42 Å². The zero-order valence-corrected chi connectivity index (χ0v) is 26.1. The second-order valence-electron chi connectivity index (χ2n) is 7.16. The fraction of sp³-hybridized carbons (Fsp3) is 0.800. The minimum Gasteiger partial charge on any atom is -0.790 e. The van der Waals surface area contributed by atoms with Gasteiger partial charge in [-0.05, 0) is 32.1 Å². The third-order valence-electron chi connectivity index (χ3n) is 3.65. The molecular formula is C20H41O12PPbS. The van der Waals surface area contributed by atoms with Gasteiger partial charge in [0.05, 0.1) is 7.82 Å². The van der Waals surface area contributed by atoms with Crippen LogP contribution in [-0.4, -0.2) is 71.9 Å². The number of carbonyl (C=O) groups is 2. The summed E-state index contributed by atoms with van der Waals surface area (Å²) in [6.07, 6.45) is 21.2. The number of unbranched alkanes of at least 4 members (excludes halogenated alkanes) is 11. The first-order chi connectivity index (χ1) is 15.5. The molecule has 0 heterocycles. The smallest absolute Gasteiger partial charge is 0.790 e. The molecule has 0 saturated carbocycles. The van der Waals surface area contributed by atoms with Gasteiger partial charge in [0.15, 0.2) is 0 Å². The first kappa shape index (κ1) is 44.6. The van der Waals surface area contributed by atoms with Gasteiger partial charge < -0.3 is 29.5 Å². The van der Waals surface area contributed by atoms with E-state index in [0.717, 1.165) is 19.8 Å². The van der Waals surface area contributed by atoms with Gasteiger partial charge in [-0.1, -0.05) is 70.4 Å². The molecule has 0 fully saturated rings. The number of aliphatic carboxylic acids is 2. The number of phosphoric acid groups is 1. The van der Waals surface area contributed by atoms with Gasteiger partial charge in [0.2, 0.25) is 0 Å². The van der Waals surface area contributed by atoms with E-state index in [1.54, 1.807) is 0 Å². The zero-order chi connectivity index (χ0) is 27.5. The van der Waals surface area contributed by atoms with Gasteiger partial charge >= 0.3 is 43.7 Å². The Morgan fingerprint density at radius 1 is 0.800 bits per heavy atom. The SMILES string of the molecule is CC(=O)O.CCCCCCCCC=CCCCCCCCC(=O)O.O=P([O-])([O-])O.O=S(=O)(O)O.[Pb+2]. The summed E-state index contributed by atoms with van der Waals surface area (Å²) in [7, 11) is -9.81. The summed E-state index contributed by atoms with van der Waals surface area (Å²) < 4.78 is 40.2. The first-order valence-electron chi connectivity index (χ1n) is 11.0. The van der Waals surface area contributed by atoms with Crippen LogP contribution >= 0.6 is 7.82 Å². The number of rotatable bonds is 15. The van der Waals surface area contributed by atoms with Crippen LogP contribution in [0.5, 0.6) is 0 Å². The number of hydrogen-bond acceptors (Lipinski definition) is 7. The van der Waals surface area contributed by atoms with Gasteiger partial charge in [-0.3, -0.25) is 18.7 Å². The molecule has 0 aliphatic rings. The van der Waals surface area contributed by atoms with Crippen molar-refractivity contribution < 1.29 is 56.6 Å². The summed E-state index contributed by atoms with van der Waals surface area (Å²) in [5, 5.41) is 15.9. The Balaban J connectivity index is -0.000000163. The molecule has 0 aliphatic heterocycles. The molecule has 0 atom stereocenters. The fourth-order valence-electron chi connectivity index (χ4n) is 2.35. The van der Waals surface area contributed by atoms with Crippen LogP contribution in [0.3, 0.4) is 0 Å². The molecule has 208 valence electrons. The molecule has 2 radical (unpaired) electrons. The molecule has 0 unspecified atom stereocenters. The zero-order valence-electron chi connectivity index (χ0n) is 20.5. The van der Waals surface area contributed by atoms with Crippen molar-refractivity contribution >= 4 is 57.5 Å². The van der Waals surface area contributed by atoms with Crippen molar-refractivity contribution in [3.05, 3.63) is 12.2 Å². The van der Waals surface area contributed by atoms with Gasteiger partial charge in [0.1, 0.15) is 0 Å². The third kappa shape index (κ3) is 122. The van der Waals surface area contributed by atoms with Gasteiger partial charge in [-0.2, -0.15) is 8.42 Å². The summed E-state index contributed by atoms with van der Waals surface area (Å²) in [6, 6.07) is 0. The molecule has 12 nitrogen and oxygen atoms in total. The van der Waals surface area contributed by atoms with Crippen molar-refractivity contribution in [2.75, 3.05) is 0 Å². The van der Waals surface area contributed by atoms with E-state index in [4.69, 9.17) is 51.8 Å². The predicted octanol–water partition coefficient (Wildman–Crippen LogP) is 2.97. The molecule has 35 heavy (non-hydrogen) atoms. The van der Waals surface area contributed by atoms with Crippen LogP contribution in [0.15, 0.2) is 12.2 Å². The molecular weight excluding hydrogens is 702 g/mol. The first-order valence-corrected chi connectivity index (χ1v) is 13.9. The Hall–Kier alpha value is -0.418. The maximum atomic E-state index is 10.3. The Morgan fingerprint density at radius 3 is 1.34 bits per heavy atom. The van der Waals surface area contributed by atoms with Crippen molar-refractivity contribution in [3.63, 3.8) is 0 Å². The van der Waals surface area contributed by atoms with Crippen LogP contribution in [0.1, 0.15) is 104 Å². The van der Waals surface area contributed by atoms with Crippen molar-refractivity contribution in [1.29, 1.82) is 0 Å². The van der Waals surface area contributed by atoms with Gasteiger partial charge in [-0.15, -0.1) is 0 Å². The summed E-state index contributed by atoms with van der Waals surface area (Å²) in [6.45, 7) is 3.34. The molecule has 0 aromatic rings. The van der Waals surface area contributed by atoms with E-state index in [-0.39, 0.29) is 27.3 Å². The van der Waals surface area contributed by atoms with Crippen LogP contribution < -0.4 is 9.79 Å². The van der Waals surface area contributed by atoms with Crippen LogP contribution in [0, 0.1) is 0 Å². The van der Waals surface area contributed by atoms with Crippen LogP contribution in [0.25, 0.3) is 0 Å². The van der Waals surface area contributed by atoms with E-state index in [9.17, 15) is 4.79 Å². The van der Waals surface area contributed by atoms with Crippen molar-refractivity contribution in [2.45, 2.75) is 104 Å². The molecule has 0 spiro atoms. The molecule has 0 saturated heterocycles. The standard InChI is InChI=1S/C18H34O2.C2H4O2.H3O4P.H2O4S.Pb/c1-2-3-4-5-6-7-8-9-10-11-12-13-14-15-16-17-18(19)20;1-2(3)4;2*1-5(2,3)4;/h9-10H,2-8,11-17H2,1H3,(H,19,20);1H3,(H,3,4);(H3,1,2,3,4);(H2,1,2,3,4);/q;;;;+2/p-2. The molecule has 5 N–H and O–H groups in total. The van der Waals surface area contributed by atoms with Crippen LogP contribution in [0.2, 0.25) is 0 Å². The Labute approximate surface area is 229 Å². The number of carboxylic acids is 2. The summed E-state index contributed by atoms with van der Waals surface area (Å²) in [5.41, 5.74) is 0. The van der Waals surface area contributed by atoms with Crippen molar-refractivity contribution in [3.8, 4) is 0 Å². The van der Waals surface area contributed by atoms with E-state index in [2.05, 4.69) is 19.1 Å². The van der Waals surface area contributed by atoms with E-state index in [1.807, 2.05) is 0 Å². The van der Waals surface area contributed by atoms with Gasteiger partial charge in [0, 0.05) is 13.3 Å². The number of allylic oxidation sites excluding steroid dienone is 2. The van der Waals surface area contributed by atoms with Crippen LogP contribution in [0.4, 0.5) is 0 Å². The topological polar surface area (TPSA) is 233 Å². The Morgan fingerprint density at radius 2 is 1.06 bits per heavy atom. The molecule has 15 heteroatoms. The average Bonchev–Trinajstić information content (AvgIpc) is 2.61. The summed E-state index contributed by atoms with van der Waals surface area (Å²) in [4.78, 5) is 43.6. The number of hydrogen-bond donors (Lipinski definition) is 5. The van der Waals surface area contributed by atoms with Gasteiger partial charge in [0.25, 0.3) is 5.97 Å². The van der Waals surface area contributed by atoms with Crippen molar-refractivity contribution in [2.24, 2.45) is 0 Å². The average molecular weight is 744 g/mol. The van der Waals surface area contributed by atoms with Gasteiger partial charge in [-0.25, -0.2) is 0 Å². The maximum Gasteiger partial charge on any atom is 2.00 e. The molecule has 0 bridgehead atoms. The Kier molecular flexibility index (Phi) is 40.3. The number of carboxylic acid groups (broad SMARTS) is 2. The monoisotopic (exact) mass is 744 g/mol. The van der Waals surface area contributed by atoms with E-state index in [1.165, 1.54) is 70.6 Å². The molecule has 0 rings (SSSR count). The second-order valence-corrected chi connectivity index (χ2v) is 9.00. The van der Waals surface area contributed by atoms with E-state index >= 15 is 0 Å². The van der Waals surface area contributed by atoms with E-state index < -0.39 is 30.2 Å². The quantitative estimate of drug-likeness (QED) is 0.0536. The third-order valence-corrected chi connectivity index (χ3v) is 3.65. The fourth-order valence-corrected chi connectivity index (χ4v) is 2.35. The molecule has 0 aromatic carbocycles. The van der Waals surface area contributed by atoms with Crippen molar-refractivity contribution in [1.82, 2.24) is 0 Å². The minimum atomic E-state index is -5.14. The van der Waals surface area contributed by atoms with Crippen LogP contribution in [-0.2, 0) is 24.6 Å². The predicted molar refractivity (Wildman–Crippen MR) is 130 cm³/mol. The molecule has 0 aromatic heterocycles. The normalized spacial score (nSPS) is 10.5. The summed E-state index contributed by atoms with van der Waals surface area (Å²) in [5.74, 6) is -1.50. The largest absolute Gasteiger partial charge is 2.00 e. The Bertz CT molecular complexity index is 630. The maximum absolute atomic E-state index is 10.3. The second kappa shape index (κ2) is 31.6. The summed E-state index contributed by atoms with van der Waals surface area (Å²) >= 11 is 0. The molecule has 0 aliphatic carbocycles. The molecule has 0 amide bonds.